The Morgan fingerprint density at radius 2 is 2.07 bits per heavy atom. The number of imidazole rings is 1. The third-order valence-electron chi connectivity index (χ3n) is 1.53. The Balaban J connectivity index is 0.000000336. The van der Waals surface area contributed by atoms with Crippen molar-refractivity contribution in [1.29, 1.82) is 0 Å². The van der Waals surface area contributed by atoms with E-state index in [2.05, 4.69) is 4.98 Å². The molecule has 0 amide bonds. The van der Waals surface area contributed by atoms with Gasteiger partial charge < -0.3 is 9.29 Å². The fourth-order valence-corrected chi connectivity index (χ4v) is 0.811. The van der Waals surface area contributed by atoms with Gasteiger partial charge in [-0.2, -0.15) is 0 Å². The second kappa shape index (κ2) is 5.72. The first kappa shape index (κ1) is 13.9. The van der Waals surface area contributed by atoms with Crippen LogP contribution in [0.15, 0.2) is 6.20 Å². The first-order valence-electron chi connectivity index (χ1n) is 4.33. The van der Waals surface area contributed by atoms with Crippen molar-refractivity contribution < 1.29 is 22.3 Å². The Bertz CT molecular complexity index is 389. The van der Waals surface area contributed by atoms with E-state index >= 15 is 0 Å². The maximum Gasteiger partial charge on any atom is 0.324 e. The van der Waals surface area contributed by atoms with E-state index < -0.39 is 10.1 Å². The maximum atomic E-state index is 9.08. The van der Waals surface area contributed by atoms with E-state index in [9.17, 15) is 0 Å². The van der Waals surface area contributed by atoms with E-state index in [1.165, 1.54) is 0 Å². The molecule has 1 heterocycles. The summed E-state index contributed by atoms with van der Waals surface area (Å²) in [6.07, 6.45) is 2.46. The zero-order valence-corrected chi connectivity index (χ0v) is 10.1. The summed E-state index contributed by atoms with van der Waals surface area (Å²) in [5, 5.41) is 0. The van der Waals surface area contributed by atoms with E-state index in [0.717, 1.165) is 11.7 Å². The summed E-state index contributed by atoms with van der Waals surface area (Å²) in [7, 11) is -1.95. The van der Waals surface area contributed by atoms with Crippen LogP contribution >= 0.6 is 0 Å². The maximum absolute atomic E-state index is 9.08. The number of ether oxygens (including phenoxy) is 1. The van der Waals surface area contributed by atoms with Gasteiger partial charge in [-0.25, -0.2) is 18.0 Å². The third-order valence-corrected chi connectivity index (χ3v) is 1.53. The lowest BCUT2D eigenvalue weighted by Gasteiger charge is -1.95. The highest BCUT2D eigenvalue weighted by Gasteiger charge is 2.08. The molecule has 0 spiro atoms. The average molecular weight is 236 g/mol. The molecule has 0 fully saturated rings. The van der Waals surface area contributed by atoms with Crippen molar-refractivity contribution in [3.8, 4) is 5.88 Å². The number of aromatic nitrogens is 2. The second-order valence-corrected chi connectivity index (χ2v) is 4.32. The molecule has 0 unspecified atom stereocenters. The van der Waals surface area contributed by atoms with Gasteiger partial charge in [0.05, 0.1) is 23.8 Å². The fraction of sp³-hybridized carbons (Fsp3) is 0.625. The quantitative estimate of drug-likeness (QED) is 0.564. The topological polar surface area (TPSA) is 86.1 Å². The average Bonchev–Trinajstić information content (AvgIpc) is 2.34. The van der Waals surface area contributed by atoms with Gasteiger partial charge in [-0.1, -0.05) is 0 Å². The lowest BCUT2D eigenvalue weighted by Crippen LogP contribution is -2.31. The first-order valence-corrected chi connectivity index (χ1v) is 6.15. The molecule has 0 radical (unpaired) electrons. The van der Waals surface area contributed by atoms with Crippen LogP contribution in [0, 0.1) is 6.92 Å². The number of hydrogen-bond acceptors (Lipinski definition) is 4. The molecular weight excluding hydrogens is 220 g/mol. The molecule has 1 aromatic heterocycles. The zero-order valence-electron chi connectivity index (χ0n) is 9.27. The minimum Gasteiger partial charge on any atom is -0.748 e. The number of aryl methyl sites for hydroxylation is 1. The molecule has 1 rings (SSSR count). The second-order valence-electron chi connectivity index (χ2n) is 2.91. The summed E-state index contributed by atoms with van der Waals surface area (Å²) >= 11 is 0. The van der Waals surface area contributed by atoms with Crippen LogP contribution in [0.25, 0.3) is 0 Å². The summed E-state index contributed by atoms with van der Waals surface area (Å²) < 4.78 is 34.5. The van der Waals surface area contributed by atoms with Gasteiger partial charge in [0.25, 0.3) is 5.82 Å². The number of rotatable bonds is 2. The normalized spacial score (nSPS) is 10.5. The van der Waals surface area contributed by atoms with E-state index in [1.807, 2.05) is 31.7 Å². The summed E-state index contributed by atoms with van der Waals surface area (Å²) in [4.78, 5) is 3.06. The van der Waals surface area contributed by atoms with Crippen molar-refractivity contribution in [2.45, 2.75) is 13.8 Å². The fourth-order valence-electron chi connectivity index (χ4n) is 0.811. The largest absolute Gasteiger partial charge is 0.748 e. The number of aromatic amines is 1. The lowest BCUT2D eigenvalue weighted by atomic mass is 10.7. The zero-order chi connectivity index (χ0) is 12.1. The molecule has 0 aliphatic rings. The third kappa shape index (κ3) is 6.92. The van der Waals surface area contributed by atoms with Crippen LogP contribution < -0.4 is 9.30 Å². The van der Waals surface area contributed by atoms with Crippen LogP contribution in [0.2, 0.25) is 0 Å². The van der Waals surface area contributed by atoms with Crippen LogP contribution in [-0.2, 0) is 17.2 Å². The van der Waals surface area contributed by atoms with Gasteiger partial charge >= 0.3 is 5.88 Å². The van der Waals surface area contributed by atoms with Crippen molar-refractivity contribution in [1.82, 2.24) is 4.98 Å². The van der Waals surface area contributed by atoms with Crippen LogP contribution in [0.3, 0.4) is 0 Å². The van der Waals surface area contributed by atoms with E-state index in [1.54, 1.807) is 0 Å². The Morgan fingerprint density at radius 1 is 1.60 bits per heavy atom. The lowest BCUT2D eigenvalue weighted by molar-refractivity contribution is -0.681. The Hall–Kier alpha value is -1.08. The van der Waals surface area contributed by atoms with Crippen LogP contribution in [0.4, 0.5) is 0 Å². The van der Waals surface area contributed by atoms with Gasteiger partial charge in [0.2, 0.25) is 0 Å². The van der Waals surface area contributed by atoms with E-state index in [0.29, 0.717) is 12.9 Å². The highest BCUT2D eigenvalue weighted by Crippen LogP contribution is 2.00. The van der Waals surface area contributed by atoms with Gasteiger partial charge in [-0.3, -0.25) is 0 Å². The van der Waals surface area contributed by atoms with Crippen LogP contribution in [-0.4, -0.2) is 30.8 Å². The van der Waals surface area contributed by atoms with Crippen LogP contribution in [0.5, 0.6) is 5.88 Å². The molecule has 0 aromatic carbocycles. The van der Waals surface area contributed by atoms with Gasteiger partial charge in [0.1, 0.15) is 0 Å². The number of H-pyrrole nitrogens is 1. The summed E-state index contributed by atoms with van der Waals surface area (Å²) in [5.74, 6) is 1.99. The molecule has 88 valence electrons. The Morgan fingerprint density at radius 3 is 2.33 bits per heavy atom. The molecule has 6 nitrogen and oxygen atoms in total. The van der Waals surface area contributed by atoms with Crippen LogP contribution in [0.1, 0.15) is 12.7 Å². The monoisotopic (exact) mass is 236 g/mol. The molecule has 0 saturated carbocycles. The number of nitrogens with one attached hydrogen (secondary N) is 1. The van der Waals surface area contributed by atoms with E-state index in [-0.39, 0.29) is 0 Å². The van der Waals surface area contributed by atoms with E-state index in [4.69, 9.17) is 17.7 Å². The van der Waals surface area contributed by atoms with Gasteiger partial charge in [-0.15, -0.1) is 0 Å². The molecule has 0 aliphatic heterocycles. The minimum atomic E-state index is -3.92. The molecule has 7 heteroatoms. The van der Waals surface area contributed by atoms with Gasteiger partial charge in [0, 0.05) is 13.2 Å². The van der Waals surface area contributed by atoms with Crippen molar-refractivity contribution in [2.75, 3.05) is 12.9 Å². The molecule has 15 heavy (non-hydrogen) atoms. The summed E-state index contributed by atoms with van der Waals surface area (Å²) in [6.45, 7) is 4.69. The molecule has 0 aliphatic carbocycles. The van der Waals surface area contributed by atoms with Gasteiger partial charge in [-0.05, 0) is 6.92 Å². The van der Waals surface area contributed by atoms with Crippen molar-refractivity contribution in [2.24, 2.45) is 7.05 Å². The molecule has 0 atom stereocenters. The predicted molar refractivity (Wildman–Crippen MR) is 53.5 cm³/mol. The standard InChI is InChI=1S/C7H12N2O.CH4O3S/c1-4-10-7-5-8-6(2)9(7)3;1-5(2,3)4/h5H,4H2,1-3H3;1H3,(H,2,3,4). The number of hydrogen-bond donors (Lipinski definition) is 1. The minimum absolute atomic E-state index is 0.604. The molecule has 0 saturated heterocycles. The molecular formula is C8H16N2O4S. The first-order chi connectivity index (χ1) is 6.75. The van der Waals surface area contributed by atoms with Crippen molar-refractivity contribution >= 4 is 10.1 Å². The molecule has 0 bridgehead atoms. The van der Waals surface area contributed by atoms with Crippen molar-refractivity contribution in [3.63, 3.8) is 0 Å². The van der Waals surface area contributed by atoms with Gasteiger partial charge in [0.15, 0.2) is 6.20 Å². The SMILES string of the molecule is CCOc1c[nH]c(C)[n+]1C.CS(=O)(=O)[O-]. The predicted octanol–water partition coefficient (Wildman–Crippen LogP) is -0.292. The molecule has 1 N–H and O–H groups in total. The van der Waals surface area contributed by atoms with Crippen molar-refractivity contribution in [3.05, 3.63) is 12.0 Å². The summed E-state index contributed by atoms with van der Waals surface area (Å²) in [6, 6.07) is 0. The molecule has 1 aromatic rings. The highest BCUT2D eigenvalue weighted by molar-refractivity contribution is 7.84. The Kier molecular flexibility index (Phi) is 5.31. The Labute approximate surface area is 89.6 Å². The number of nitrogens with zero attached hydrogens (tertiary/aromatic N) is 1. The smallest absolute Gasteiger partial charge is 0.324 e. The highest BCUT2D eigenvalue weighted by atomic mass is 32.2. The summed E-state index contributed by atoms with van der Waals surface area (Å²) in [5.41, 5.74) is 0.